The zero-order valence-corrected chi connectivity index (χ0v) is 17.5. The third kappa shape index (κ3) is 4.59. The maximum atomic E-state index is 12.7. The molecule has 3 heterocycles. The molecule has 2 amide bonds. The second kappa shape index (κ2) is 9.21. The average Bonchev–Trinajstić information content (AvgIpc) is 3.27. The van der Waals surface area contributed by atoms with Gasteiger partial charge in [0.1, 0.15) is 4.83 Å². The van der Waals surface area contributed by atoms with Crippen molar-refractivity contribution in [3.63, 3.8) is 0 Å². The van der Waals surface area contributed by atoms with E-state index in [9.17, 15) is 14.4 Å². The molecule has 1 N–H and O–H groups in total. The van der Waals surface area contributed by atoms with E-state index >= 15 is 0 Å². The fourth-order valence-electron chi connectivity index (χ4n) is 3.66. The summed E-state index contributed by atoms with van der Waals surface area (Å²) in [4.78, 5) is 44.2. The molecule has 0 atom stereocenters. The van der Waals surface area contributed by atoms with E-state index in [1.165, 1.54) is 28.7 Å². The van der Waals surface area contributed by atoms with Crippen molar-refractivity contribution < 1.29 is 9.59 Å². The summed E-state index contributed by atoms with van der Waals surface area (Å²) in [5, 5.41) is 5.28. The van der Waals surface area contributed by atoms with E-state index in [-0.39, 0.29) is 30.3 Å². The number of nitrogens with one attached hydrogen (secondary N) is 1. The third-order valence-electron chi connectivity index (χ3n) is 5.34. The van der Waals surface area contributed by atoms with E-state index in [1.54, 1.807) is 6.07 Å². The smallest absolute Gasteiger partial charge is 0.262 e. The highest BCUT2D eigenvalue weighted by molar-refractivity contribution is 7.16. The number of aryl methyl sites for hydroxylation is 1. The van der Waals surface area contributed by atoms with Crippen LogP contribution in [-0.4, -0.2) is 39.4 Å². The van der Waals surface area contributed by atoms with Gasteiger partial charge in [0.15, 0.2) is 0 Å². The van der Waals surface area contributed by atoms with Gasteiger partial charge in [-0.15, -0.1) is 11.3 Å². The first-order valence-electron chi connectivity index (χ1n) is 10.2. The molecule has 156 valence electrons. The number of amides is 2. The number of fused-ring (bicyclic) bond motifs is 1. The molecule has 8 heteroatoms. The molecule has 0 unspecified atom stereocenters. The Morgan fingerprint density at radius 3 is 2.80 bits per heavy atom. The second-order valence-electron chi connectivity index (χ2n) is 7.46. The fraction of sp³-hybridized carbons (Fsp3) is 0.364. The van der Waals surface area contributed by atoms with Crippen LogP contribution in [0, 0.1) is 0 Å². The van der Waals surface area contributed by atoms with Crippen molar-refractivity contribution in [2.45, 2.75) is 38.8 Å². The SMILES string of the molecule is O=C(CCn1cnc2sccc2c1=O)NCc1cccc(C(=O)N2CCCCC2)c1. The van der Waals surface area contributed by atoms with Gasteiger partial charge in [0.2, 0.25) is 5.91 Å². The van der Waals surface area contributed by atoms with Crippen molar-refractivity contribution in [3.8, 4) is 0 Å². The Balaban J connectivity index is 1.31. The Labute approximate surface area is 178 Å². The summed E-state index contributed by atoms with van der Waals surface area (Å²) in [6, 6.07) is 9.16. The molecule has 1 saturated heterocycles. The summed E-state index contributed by atoms with van der Waals surface area (Å²) in [6.45, 7) is 2.24. The molecule has 0 saturated carbocycles. The number of hydrogen-bond acceptors (Lipinski definition) is 5. The Morgan fingerprint density at radius 1 is 1.13 bits per heavy atom. The highest BCUT2D eigenvalue weighted by atomic mass is 32.1. The second-order valence-corrected chi connectivity index (χ2v) is 8.36. The molecule has 30 heavy (non-hydrogen) atoms. The van der Waals surface area contributed by atoms with Gasteiger partial charge in [0.05, 0.1) is 11.7 Å². The van der Waals surface area contributed by atoms with Gasteiger partial charge in [-0.25, -0.2) is 4.98 Å². The lowest BCUT2D eigenvalue weighted by Gasteiger charge is -2.26. The first-order valence-corrected chi connectivity index (χ1v) is 11.1. The van der Waals surface area contributed by atoms with Crippen molar-refractivity contribution in [3.05, 3.63) is 63.5 Å². The van der Waals surface area contributed by atoms with Crippen molar-refractivity contribution in [2.75, 3.05) is 13.1 Å². The largest absolute Gasteiger partial charge is 0.352 e. The molecule has 4 rings (SSSR count). The molecule has 7 nitrogen and oxygen atoms in total. The zero-order chi connectivity index (χ0) is 20.9. The first kappa shape index (κ1) is 20.3. The quantitative estimate of drug-likeness (QED) is 0.660. The summed E-state index contributed by atoms with van der Waals surface area (Å²) in [7, 11) is 0. The summed E-state index contributed by atoms with van der Waals surface area (Å²) in [5.41, 5.74) is 1.41. The number of thiophene rings is 1. The van der Waals surface area contributed by atoms with Gasteiger partial charge in [-0.05, 0) is 48.4 Å². The molecular formula is C22H24N4O3S. The molecule has 1 aliphatic heterocycles. The minimum absolute atomic E-state index is 0.0542. The Hall–Kier alpha value is -3.00. The maximum absolute atomic E-state index is 12.7. The van der Waals surface area contributed by atoms with E-state index < -0.39 is 0 Å². The normalized spacial score (nSPS) is 14.1. The van der Waals surface area contributed by atoms with E-state index in [0.717, 1.165) is 31.5 Å². The Kier molecular flexibility index (Phi) is 6.23. The van der Waals surface area contributed by atoms with Crippen molar-refractivity contribution in [1.29, 1.82) is 0 Å². The summed E-state index contributed by atoms with van der Waals surface area (Å²) in [6.07, 6.45) is 4.96. The van der Waals surface area contributed by atoms with Crippen LogP contribution in [0.1, 0.15) is 41.6 Å². The van der Waals surface area contributed by atoms with Crippen LogP contribution in [0.15, 0.2) is 46.8 Å². The van der Waals surface area contributed by atoms with Crippen molar-refractivity contribution in [1.82, 2.24) is 19.8 Å². The van der Waals surface area contributed by atoms with Crippen LogP contribution in [0.3, 0.4) is 0 Å². The number of aromatic nitrogens is 2. The molecule has 0 aliphatic carbocycles. The molecule has 1 fully saturated rings. The summed E-state index contributed by atoms with van der Waals surface area (Å²) >= 11 is 1.42. The first-order chi connectivity index (χ1) is 14.6. The minimum atomic E-state index is -0.153. The van der Waals surface area contributed by atoms with Gasteiger partial charge in [0, 0.05) is 38.2 Å². The number of hydrogen-bond donors (Lipinski definition) is 1. The van der Waals surface area contributed by atoms with E-state index in [0.29, 0.717) is 22.3 Å². The van der Waals surface area contributed by atoms with Crippen LogP contribution in [0.2, 0.25) is 0 Å². The van der Waals surface area contributed by atoms with Crippen molar-refractivity contribution in [2.24, 2.45) is 0 Å². The topological polar surface area (TPSA) is 84.3 Å². The monoisotopic (exact) mass is 424 g/mol. The standard InChI is InChI=1S/C22H24N4O3S/c27-19(7-11-26-15-24-20-18(22(26)29)8-12-30-20)23-14-16-5-4-6-17(13-16)21(28)25-9-2-1-3-10-25/h4-6,8,12-13,15H,1-3,7,9-11,14H2,(H,23,27). The molecule has 1 aromatic carbocycles. The van der Waals surface area contributed by atoms with Gasteiger partial charge in [0.25, 0.3) is 11.5 Å². The molecule has 0 bridgehead atoms. The Morgan fingerprint density at radius 2 is 1.97 bits per heavy atom. The fourth-order valence-corrected chi connectivity index (χ4v) is 4.38. The lowest BCUT2D eigenvalue weighted by atomic mass is 10.1. The number of piperidine rings is 1. The Bertz CT molecular complexity index is 1110. The molecule has 0 radical (unpaired) electrons. The highest BCUT2D eigenvalue weighted by Crippen LogP contribution is 2.15. The minimum Gasteiger partial charge on any atom is -0.352 e. The van der Waals surface area contributed by atoms with Gasteiger partial charge < -0.3 is 10.2 Å². The van der Waals surface area contributed by atoms with E-state index in [1.807, 2.05) is 34.5 Å². The highest BCUT2D eigenvalue weighted by Gasteiger charge is 2.18. The van der Waals surface area contributed by atoms with Gasteiger partial charge in [-0.3, -0.25) is 19.0 Å². The van der Waals surface area contributed by atoms with Crippen LogP contribution in [-0.2, 0) is 17.9 Å². The maximum Gasteiger partial charge on any atom is 0.262 e. The predicted molar refractivity (Wildman–Crippen MR) is 117 cm³/mol. The van der Waals surface area contributed by atoms with Crippen LogP contribution in [0.4, 0.5) is 0 Å². The molecule has 2 aromatic heterocycles. The van der Waals surface area contributed by atoms with Crippen LogP contribution in [0.5, 0.6) is 0 Å². The number of nitrogens with zero attached hydrogens (tertiary/aromatic N) is 3. The summed E-state index contributed by atoms with van der Waals surface area (Å²) < 4.78 is 1.46. The number of benzene rings is 1. The van der Waals surface area contributed by atoms with Crippen LogP contribution < -0.4 is 10.9 Å². The number of rotatable bonds is 6. The number of carbonyl (C=O) groups excluding carboxylic acids is 2. The predicted octanol–water partition coefficient (Wildman–Crippen LogP) is 2.79. The van der Waals surface area contributed by atoms with Crippen LogP contribution >= 0.6 is 11.3 Å². The molecular weight excluding hydrogens is 400 g/mol. The molecule has 0 spiro atoms. The van der Waals surface area contributed by atoms with Gasteiger partial charge in [-0.1, -0.05) is 12.1 Å². The van der Waals surface area contributed by atoms with E-state index in [2.05, 4.69) is 10.3 Å². The van der Waals surface area contributed by atoms with Crippen LogP contribution in [0.25, 0.3) is 10.2 Å². The average molecular weight is 425 g/mol. The lowest BCUT2D eigenvalue weighted by Crippen LogP contribution is -2.35. The number of carbonyl (C=O) groups is 2. The molecule has 3 aromatic rings. The van der Waals surface area contributed by atoms with Gasteiger partial charge in [-0.2, -0.15) is 0 Å². The van der Waals surface area contributed by atoms with Gasteiger partial charge >= 0.3 is 0 Å². The lowest BCUT2D eigenvalue weighted by molar-refractivity contribution is -0.121. The zero-order valence-electron chi connectivity index (χ0n) is 16.7. The number of likely N-dealkylation sites (tertiary alicyclic amines) is 1. The van der Waals surface area contributed by atoms with E-state index in [4.69, 9.17) is 0 Å². The summed E-state index contributed by atoms with van der Waals surface area (Å²) in [5.74, 6) is -0.0985. The van der Waals surface area contributed by atoms with Crippen molar-refractivity contribution >= 4 is 33.4 Å². The third-order valence-corrected chi connectivity index (χ3v) is 6.16. The molecule has 1 aliphatic rings.